The number of fused-ring (bicyclic) bond motifs is 1. The van der Waals surface area contributed by atoms with Gasteiger partial charge in [0.25, 0.3) is 0 Å². The first-order chi connectivity index (χ1) is 9.69. The van der Waals surface area contributed by atoms with Crippen molar-refractivity contribution in [1.82, 2.24) is 24.4 Å². The highest BCUT2D eigenvalue weighted by Crippen LogP contribution is 2.25. The largest absolute Gasteiger partial charge is 0.481 e. The highest BCUT2D eigenvalue weighted by molar-refractivity contribution is 6.29. The summed E-state index contributed by atoms with van der Waals surface area (Å²) in [6.07, 6.45) is 4.14. The molecule has 0 unspecified atom stereocenters. The van der Waals surface area contributed by atoms with Crippen LogP contribution in [0.3, 0.4) is 0 Å². The van der Waals surface area contributed by atoms with Crippen LogP contribution in [0, 0.1) is 0 Å². The van der Waals surface area contributed by atoms with E-state index in [0.29, 0.717) is 11.0 Å². The van der Waals surface area contributed by atoms with Gasteiger partial charge in [0, 0.05) is 32.1 Å². The fraction of sp³-hybridized carbons (Fsp3) is 0.462. The molecule has 0 saturated carbocycles. The van der Waals surface area contributed by atoms with E-state index in [1.165, 1.54) is 0 Å². The van der Waals surface area contributed by atoms with Crippen LogP contribution in [0.4, 0.5) is 0 Å². The number of hydrogen-bond acceptors (Lipinski definition) is 5. The Labute approximate surface area is 122 Å². The van der Waals surface area contributed by atoms with Crippen LogP contribution in [0.2, 0.25) is 5.15 Å². The molecule has 1 aliphatic heterocycles. The van der Waals surface area contributed by atoms with Gasteiger partial charge in [-0.05, 0) is 0 Å². The van der Waals surface area contributed by atoms with E-state index in [1.54, 1.807) is 19.6 Å². The molecule has 0 atom stereocenters. The zero-order chi connectivity index (χ0) is 14.1. The molecule has 0 N–H and O–H groups in total. The first-order valence-corrected chi connectivity index (χ1v) is 6.82. The Kier molecular flexibility index (Phi) is 3.58. The number of hydrogen-bond donors (Lipinski definition) is 0. The molecule has 3 heterocycles. The minimum absolute atomic E-state index is 0.651. The van der Waals surface area contributed by atoms with Crippen molar-refractivity contribution < 1.29 is 4.74 Å². The number of ether oxygens (including phenoxy) is 1. The third kappa shape index (κ3) is 2.36. The average molecular weight is 294 g/mol. The van der Waals surface area contributed by atoms with Gasteiger partial charge in [0.05, 0.1) is 25.5 Å². The predicted octanol–water partition coefficient (Wildman–Crippen LogP) is 1.43. The third-order valence-corrected chi connectivity index (χ3v) is 3.98. The maximum atomic E-state index is 6.02. The van der Waals surface area contributed by atoms with Crippen LogP contribution in [-0.2, 0) is 26.6 Å². The van der Waals surface area contributed by atoms with E-state index in [0.717, 1.165) is 43.1 Å². The van der Waals surface area contributed by atoms with Gasteiger partial charge in [0.2, 0.25) is 5.88 Å². The lowest BCUT2D eigenvalue weighted by Crippen LogP contribution is -2.32. The highest BCUT2D eigenvalue weighted by Gasteiger charge is 2.22. The quantitative estimate of drug-likeness (QED) is 0.857. The minimum Gasteiger partial charge on any atom is -0.481 e. The molecule has 0 bridgehead atoms. The topological polar surface area (TPSA) is 56.1 Å². The minimum atomic E-state index is 0.651. The first kappa shape index (κ1) is 13.3. The molecule has 6 nitrogen and oxygen atoms in total. The van der Waals surface area contributed by atoms with Gasteiger partial charge in [-0.25, -0.2) is 15.0 Å². The lowest BCUT2D eigenvalue weighted by Gasteiger charge is -2.28. The summed E-state index contributed by atoms with van der Waals surface area (Å²) < 4.78 is 7.22. The summed E-state index contributed by atoms with van der Waals surface area (Å²) in [7, 11) is 3.56. The van der Waals surface area contributed by atoms with Gasteiger partial charge in [-0.15, -0.1) is 0 Å². The van der Waals surface area contributed by atoms with Gasteiger partial charge in [0.15, 0.2) is 0 Å². The molecule has 0 saturated heterocycles. The van der Waals surface area contributed by atoms with E-state index < -0.39 is 0 Å². The lowest BCUT2D eigenvalue weighted by atomic mass is 10.1. The third-order valence-electron chi connectivity index (χ3n) is 3.63. The van der Waals surface area contributed by atoms with Gasteiger partial charge in [0.1, 0.15) is 17.3 Å². The van der Waals surface area contributed by atoms with Crippen LogP contribution in [0.15, 0.2) is 12.5 Å². The van der Waals surface area contributed by atoms with Gasteiger partial charge in [-0.2, -0.15) is 0 Å². The van der Waals surface area contributed by atoms with Crippen LogP contribution in [0.25, 0.3) is 0 Å². The Hall–Kier alpha value is -1.66. The molecule has 2 aromatic rings. The van der Waals surface area contributed by atoms with Gasteiger partial charge in [-0.1, -0.05) is 11.6 Å². The summed E-state index contributed by atoms with van der Waals surface area (Å²) in [5, 5.41) is 0.651. The zero-order valence-corrected chi connectivity index (χ0v) is 12.3. The molecule has 7 heteroatoms. The average Bonchev–Trinajstić information content (AvgIpc) is 2.78. The van der Waals surface area contributed by atoms with Crippen molar-refractivity contribution in [3.63, 3.8) is 0 Å². The van der Waals surface area contributed by atoms with E-state index in [1.807, 2.05) is 11.6 Å². The lowest BCUT2D eigenvalue weighted by molar-refractivity contribution is 0.228. The normalized spacial score (nSPS) is 15.2. The van der Waals surface area contributed by atoms with Gasteiger partial charge in [-0.3, -0.25) is 4.90 Å². The fourth-order valence-corrected chi connectivity index (χ4v) is 2.60. The second-order valence-corrected chi connectivity index (χ2v) is 5.21. The number of aromatic nitrogens is 4. The summed E-state index contributed by atoms with van der Waals surface area (Å²) in [5.41, 5.74) is 2.15. The molecule has 0 aliphatic carbocycles. The molecule has 20 heavy (non-hydrogen) atoms. The van der Waals surface area contributed by atoms with E-state index in [2.05, 4.69) is 19.9 Å². The van der Waals surface area contributed by atoms with Crippen LogP contribution in [0.1, 0.15) is 17.1 Å². The number of rotatable bonds is 3. The molecule has 106 valence electrons. The standard InChI is InChI=1S/C13H16ClN5O/c1-18-11(14)5-15-12(18)7-19-4-3-10-9(6-19)13(20-2)17-8-16-10/h5,8H,3-4,6-7H2,1-2H3. The van der Waals surface area contributed by atoms with E-state index in [-0.39, 0.29) is 0 Å². The Bertz CT molecular complexity index is 613. The Morgan fingerprint density at radius 2 is 2.20 bits per heavy atom. The van der Waals surface area contributed by atoms with E-state index in [9.17, 15) is 0 Å². The molecule has 0 fully saturated rings. The van der Waals surface area contributed by atoms with Crippen molar-refractivity contribution >= 4 is 11.6 Å². The van der Waals surface area contributed by atoms with Crippen LogP contribution >= 0.6 is 11.6 Å². The summed E-state index contributed by atoms with van der Waals surface area (Å²) >= 11 is 6.02. The summed E-state index contributed by atoms with van der Waals surface area (Å²) in [4.78, 5) is 15.1. The number of halogens is 1. The SMILES string of the molecule is COc1ncnc2c1CN(Cc1ncc(Cl)n1C)CC2. The van der Waals surface area contributed by atoms with Gasteiger partial charge < -0.3 is 9.30 Å². The molecule has 1 aliphatic rings. The maximum absolute atomic E-state index is 6.02. The van der Waals surface area contributed by atoms with Crippen molar-refractivity contribution in [3.8, 4) is 5.88 Å². The summed E-state index contributed by atoms with van der Waals surface area (Å²) in [6, 6.07) is 0. The molecule has 3 rings (SSSR count). The highest BCUT2D eigenvalue weighted by atomic mass is 35.5. The number of nitrogens with zero attached hydrogens (tertiary/aromatic N) is 5. The monoisotopic (exact) mass is 293 g/mol. The van der Waals surface area contributed by atoms with Crippen molar-refractivity contribution in [2.24, 2.45) is 7.05 Å². The van der Waals surface area contributed by atoms with Crippen molar-refractivity contribution in [3.05, 3.63) is 34.8 Å². The molecule has 0 amide bonds. The van der Waals surface area contributed by atoms with Gasteiger partial charge >= 0.3 is 0 Å². The maximum Gasteiger partial charge on any atom is 0.220 e. The van der Waals surface area contributed by atoms with E-state index in [4.69, 9.17) is 16.3 Å². The number of imidazole rings is 1. The van der Waals surface area contributed by atoms with Crippen LogP contribution in [0.5, 0.6) is 5.88 Å². The Balaban J connectivity index is 1.80. The second kappa shape index (κ2) is 5.38. The van der Waals surface area contributed by atoms with Crippen molar-refractivity contribution in [2.75, 3.05) is 13.7 Å². The van der Waals surface area contributed by atoms with Crippen LogP contribution < -0.4 is 4.74 Å². The van der Waals surface area contributed by atoms with Crippen LogP contribution in [-0.4, -0.2) is 38.1 Å². The second-order valence-electron chi connectivity index (χ2n) is 4.83. The van der Waals surface area contributed by atoms with E-state index >= 15 is 0 Å². The zero-order valence-electron chi connectivity index (χ0n) is 11.5. The molecule has 0 spiro atoms. The summed E-state index contributed by atoms with van der Waals surface area (Å²) in [5.74, 6) is 1.62. The molecular weight excluding hydrogens is 278 g/mol. The molecule has 0 radical (unpaired) electrons. The van der Waals surface area contributed by atoms with Crippen molar-refractivity contribution in [1.29, 1.82) is 0 Å². The molecule has 0 aromatic carbocycles. The predicted molar refractivity (Wildman–Crippen MR) is 74.6 cm³/mol. The molecular formula is C13H16ClN5O. The first-order valence-electron chi connectivity index (χ1n) is 6.44. The Morgan fingerprint density at radius 3 is 2.90 bits per heavy atom. The smallest absolute Gasteiger partial charge is 0.220 e. The van der Waals surface area contributed by atoms with Crippen molar-refractivity contribution in [2.45, 2.75) is 19.5 Å². The Morgan fingerprint density at radius 1 is 1.35 bits per heavy atom. The number of methoxy groups -OCH3 is 1. The fourth-order valence-electron chi connectivity index (χ4n) is 2.45. The summed E-state index contributed by atoms with van der Waals surface area (Å²) in [6.45, 7) is 2.46. The molecule has 2 aromatic heterocycles.